The molecule has 46 valence electrons. The molecular formula is C5H9NO2. The number of hydrogen-bond donors (Lipinski definition) is 1. The SMILES string of the molecule is C[C@H]1CNC(=O)CO1. The minimum atomic E-state index is -0.0110. The number of rotatable bonds is 0. The summed E-state index contributed by atoms with van der Waals surface area (Å²) in [6, 6.07) is 0. The molecule has 1 amide bonds. The van der Waals surface area contributed by atoms with E-state index in [-0.39, 0.29) is 18.6 Å². The van der Waals surface area contributed by atoms with Crippen molar-refractivity contribution >= 4 is 5.91 Å². The smallest absolute Gasteiger partial charge is 0.246 e. The zero-order valence-corrected chi connectivity index (χ0v) is 4.81. The van der Waals surface area contributed by atoms with Crippen LogP contribution in [0.5, 0.6) is 0 Å². The summed E-state index contributed by atoms with van der Waals surface area (Å²) in [6.45, 7) is 2.80. The Hall–Kier alpha value is -0.570. The maximum atomic E-state index is 10.4. The molecule has 3 nitrogen and oxygen atoms in total. The fourth-order valence-corrected chi connectivity index (χ4v) is 0.585. The van der Waals surface area contributed by atoms with Gasteiger partial charge >= 0.3 is 0 Å². The number of carbonyl (C=O) groups is 1. The second kappa shape index (κ2) is 2.13. The zero-order chi connectivity index (χ0) is 5.98. The fraction of sp³-hybridized carbons (Fsp3) is 0.800. The van der Waals surface area contributed by atoms with Crippen LogP contribution < -0.4 is 5.32 Å². The molecule has 1 aliphatic heterocycles. The van der Waals surface area contributed by atoms with Crippen molar-refractivity contribution in [2.45, 2.75) is 13.0 Å². The largest absolute Gasteiger partial charge is 0.367 e. The lowest BCUT2D eigenvalue weighted by Gasteiger charge is -2.18. The molecule has 0 unspecified atom stereocenters. The number of carbonyl (C=O) groups excluding carboxylic acids is 1. The predicted octanol–water partition coefficient (Wildman–Crippen LogP) is -0.479. The van der Waals surface area contributed by atoms with E-state index in [1.165, 1.54) is 0 Å². The van der Waals surface area contributed by atoms with Gasteiger partial charge in [-0.25, -0.2) is 0 Å². The first-order chi connectivity index (χ1) is 3.79. The number of morpholine rings is 1. The highest BCUT2D eigenvalue weighted by atomic mass is 16.5. The second-order valence-electron chi connectivity index (χ2n) is 1.93. The summed E-state index contributed by atoms with van der Waals surface area (Å²) in [5, 5.41) is 2.67. The highest BCUT2D eigenvalue weighted by Crippen LogP contribution is 1.92. The Kier molecular flexibility index (Phi) is 1.48. The molecular weight excluding hydrogens is 106 g/mol. The number of amides is 1. The Labute approximate surface area is 48.0 Å². The summed E-state index contributed by atoms with van der Waals surface area (Å²) in [4.78, 5) is 10.4. The maximum absolute atomic E-state index is 10.4. The molecule has 0 saturated carbocycles. The molecule has 0 aromatic carbocycles. The van der Waals surface area contributed by atoms with Crippen molar-refractivity contribution in [3.05, 3.63) is 0 Å². The quantitative estimate of drug-likeness (QED) is 0.463. The van der Waals surface area contributed by atoms with E-state index >= 15 is 0 Å². The molecule has 3 heteroatoms. The first-order valence-electron chi connectivity index (χ1n) is 2.67. The van der Waals surface area contributed by atoms with Gasteiger partial charge in [0.2, 0.25) is 5.91 Å². The Morgan fingerprint density at radius 2 is 2.62 bits per heavy atom. The Morgan fingerprint density at radius 3 is 3.00 bits per heavy atom. The average Bonchev–Trinajstić information content (AvgIpc) is 1.77. The minimum Gasteiger partial charge on any atom is -0.367 e. The van der Waals surface area contributed by atoms with Gasteiger partial charge in [-0.3, -0.25) is 4.79 Å². The maximum Gasteiger partial charge on any atom is 0.246 e. The highest BCUT2D eigenvalue weighted by Gasteiger charge is 2.12. The molecule has 1 fully saturated rings. The third-order valence-electron chi connectivity index (χ3n) is 1.09. The van der Waals surface area contributed by atoms with Gasteiger partial charge in [0.15, 0.2) is 0 Å². The van der Waals surface area contributed by atoms with Crippen LogP contribution in [0.1, 0.15) is 6.92 Å². The molecule has 0 spiro atoms. The Morgan fingerprint density at radius 1 is 1.88 bits per heavy atom. The molecule has 1 heterocycles. The van der Waals surface area contributed by atoms with E-state index in [0.29, 0.717) is 6.54 Å². The van der Waals surface area contributed by atoms with Gasteiger partial charge in [-0.05, 0) is 6.92 Å². The first-order valence-corrected chi connectivity index (χ1v) is 2.67. The second-order valence-corrected chi connectivity index (χ2v) is 1.93. The van der Waals surface area contributed by atoms with Crippen LogP contribution in [-0.2, 0) is 9.53 Å². The fourth-order valence-electron chi connectivity index (χ4n) is 0.585. The van der Waals surface area contributed by atoms with Crippen LogP contribution in [0.2, 0.25) is 0 Å². The predicted molar refractivity (Wildman–Crippen MR) is 28.4 cm³/mol. The normalized spacial score (nSPS) is 29.6. The van der Waals surface area contributed by atoms with E-state index in [9.17, 15) is 4.79 Å². The molecule has 0 aromatic heterocycles. The van der Waals surface area contributed by atoms with E-state index in [1.807, 2.05) is 6.92 Å². The van der Waals surface area contributed by atoms with Crippen LogP contribution in [0.4, 0.5) is 0 Å². The Bertz CT molecular complexity index is 92.6. The van der Waals surface area contributed by atoms with Gasteiger partial charge in [-0.15, -0.1) is 0 Å². The number of ether oxygens (including phenoxy) is 1. The molecule has 8 heavy (non-hydrogen) atoms. The van der Waals surface area contributed by atoms with Crippen molar-refractivity contribution in [2.75, 3.05) is 13.2 Å². The number of nitrogens with one attached hydrogen (secondary N) is 1. The van der Waals surface area contributed by atoms with Crippen LogP contribution in [0.25, 0.3) is 0 Å². The van der Waals surface area contributed by atoms with Gasteiger partial charge < -0.3 is 10.1 Å². The average molecular weight is 115 g/mol. The lowest BCUT2D eigenvalue weighted by molar-refractivity contribution is -0.132. The lowest BCUT2D eigenvalue weighted by atomic mass is 10.3. The highest BCUT2D eigenvalue weighted by molar-refractivity contribution is 5.77. The van der Waals surface area contributed by atoms with Crippen LogP contribution in [0.15, 0.2) is 0 Å². The van der Waals surface area contributed by atoms with Gasteiger partial charge in [-0.1, -0.05) is 0 Å². The van der Waals surface area contributed by atoms with Crippen molar-refractivity contribution in [1.29, 1.82) is 0 Å². The summed E-state index contributed by atoms with van der Waals surface area (Å²) >= 11 is 0. The third kappa shape index (κ3) is 1.20. The lowest BCUT2D eigenvalue weighted by Crippen LogP contribution is -2.41. The summed E-state index contributed by atoms with van der Waals surface area (Å²) in [5.74, 6) is -0.0110. The van der Waals surface area contributed by atoms with E-state index in [4.69, 9.17) is 4.74 Å². The van der Waals surface area contributed by atoms with Crippen LogP contribution >= 0.6 is 0 Å². The van der Waals surface area contributed by atoms with Crippen molar-refractivity contribution in [1.82, 2.24) is 5.32 Å². The molecule has 1 aliphatic rings. The molecule has 0 aliphatic carbocycles. The van der Waals surface area contributed by atoms with Crippen molar-refractivity contribution in [3.8, 4) is 0 Å². The molecule has 0 bridgehead atoms. The third-order valence-corrected chi connectivity index (χ3v) is 1.09. The van der Waals surface area contributed by atoms with Gasteiger partial charge in [-0.2, -0.15) is 0 Å². The molecule has 1 saturated heterocycles. The first kappa shape index (κ1) is 5.56. The van der Waals surface area contributed by atoms with Crippen LogP contribution in [0.3, 0.4) is 0 Å². The van der Waals surface area contributed by atoms with Gasteiger partial charge in [0.25, 0.3) is 0 Å². The van der Waals surface area contributed by atoms with Gasteiger partial charge in [0.1, 0.15) is 6.61 Å². The van der Waals surface area contributed by atoms with E-state index in [2.05, 4.69) is 5.32 Å². The standard InChI is InChI=1S/C5H9NO2/c1-4-2-6-5(7)3-8-4/h4H,2-3H2,1H3,(H,6,7)/t4-/m0/s1. The zero-order valence-electron chi connectivity index (χ0n) is 4.81. The Balaban J connectivity index is 2.29. The molecule has 0 radical (unpaired) electrons. The van der Waals surface area contributed by atoms with Gasteiger partial charge in [0, 0.05) is 6.54 Å². The topological polar surface area (TPSA) is 38.3 Å². The number of hydrogen-bond acceptors (Lipinski definition) is 2. The molecule has 1 rings (SSSR count). The summed E-state index contributed by atoms with van der Waals surface area (Å²) in [7, 11) is 0. The molecule has 1 atom stereocenters. The van der Waals surface area contributed by atoms with Crippen molar-refractivity contribution < 1.29 is 9.53 Å². The summed E-state index contributed by atoms with van der Waals surface area (Å²) in [5.41, 5.74) is 0. The van der Waals surface area contributed by atoms with Crippen molar-refractivity contribution in [3.63, 3.8) is 0 Å². The van der Waals surface area contributed by atoms with Crippen LogP contribution in [-0.4, -0.2) is 25.2 Å². The summed E-state index contributed by atoms with van der Waals surface area (Å²) in [6.07, 6.45) is 0.188. The van der Waals surface area contributed by atoms with E-state index < -0.39 is 0 Å². The summed E-state index contributed by atoms with van der Waals surface area (Å²) < 4.78 is 4.98. The van der Waals surface area contributed by atoms with Crippen molar-refractivity contribution in [2.24, 2.45) is 0 Å². The minimum absolute atomic E-state index is 0.0110. The van der Waals surface area contributed by atoms with E-state index in [0.717, 1.165) is 0 Å². The monoisotopic (exact) mass is 115 g/mol. The molecule has 0 aromatic rings. The van der Waals surface area contributed by atoms with Gasteiger partial charge in [0.05, 0.1) is 6.10 Å². The van der Waals surface area contributed by atoms with Crippen LogP contribution in [0, 0.1) is 0 Å². The molecule has 1 N–H and O–H groups in total. The van der Waals surface area contributed by atoms with E-state index in [1.54, 1.807) is 0 Å².